The first kappa shape index (κ1) is 19.9. The largest absolute Gasteiger partial charge is 0.491 e. The van der Waals surface area contributed by atoms with Crippen LogP contribution in [0.5, 0.6) is 11.5 Å². The summed E-state index contributed by atoms with van der Waals surface area (Å²) in [4.78, 5) is 12.5. The van der Waals surface area contributed by atoms with Crippen LogP contribution in [0.15, 0.2) is 40.2 Å². The number of pyridine rings is 1. The van der Waals surface area contributed by atoms with E-state index in [9.17, 15) is 13.9 Å². The molecule has 0 aliphatic carbocycles. The summed E-state index contributed by atoms with van der Waals surface area (Å²) in [6.07, 6.45) is 1.65. The van der Waals surface area contributed by atoms with Gasteiger partial charge in [0.25, 0.3) is 5.56 Å². The van der Waals surface area contributed by atoms with Crippen molar-refractivity contribution in [1.82, 2.24) is 4.57 Å². The number of nitrogens with zero attached hydrogens (tertiary/aromatic N) is 1. The van der Waals surface area contributed by atoms with Crippen molar-refractivity contribution in [3.05, 3.63) is 40.8 Å². The van der Waals surface area contributed by atoms with Crippen LogP contribution in [0, 0.1) is 11.8 Å². The molecule has 1 aromatic carbocycles. The number of hydrogen-bond acceptors (Lipinski definition) is 5. The van der Waals surface area contributed by atoms with Crippen LogP contribution < -0.4 is 15.0 Å². The SMILES string of the molecule is CC#CCOc1ccc(S(O)(O)CC)cc1-c1cc(OC)c(=O)n(C)c1. The second-order valence-electron chi connectivity index (χ2n) is 5.54. The third-order valence-corrected chi connectivity index (χ3v) is 5.70. The van der Waals surface area contributed by atoms with Gasteiger partial charge in [-0.1, -0.05) is 5.92 Å². The van der Waals surface area contributed by atoms with Crippen molar-refractivity contribution >= 4 is 10.6 Å². The van der Waals surface area contributed by atoms with Crippen LogP contribution in [0.3, 0.4) is 0 Å². The molecule has 2 rings (SSSR count). The summed E-state index contributed by atoms with van der Waals surface area (Å²) in [6.45, 7) is 3.64. The molecule has 0 saturated carbocycles. The maximum Gasteiger partial charge on any atom is 0.292 e. The molecule has 26 heavy (non-hydrogen) atoms. The molecule has 0 spiro atoms. The Balaban J connectivity index is 2.65. The lowest BCUT2D eigenvalue weighted by Gasteiger charge is -2.31. The molecule has 0 atom stereocenters. The fourth-order valence-electron chi connectivity index (χ4n) is 2.39. The molecule has 140 valence electrons. The summed E-state index contributed by atoms with van der Waals surface area (Å²) in [7, 11) is 0.168. The van der Waals surface area contributed by atoms with E-state index in [1.165, 1.54) is 11.7 Å². The number of methoxy groups -OCH3 is 1. The van der Waals surface area contributed by atoms with Crippen LogP contribution in [0.25, 0.3) is 11.1 Å². The maximum atomic E-state index is 12.1. The molecule has 0 amide bonds. The number of ether oxygens (including phenoxy) is 2. The third kappa shape index (κ3) is 4.22. The Morgan fingerprint density at radius 1 is 1.23 bits per heavy atom. The summed E-state index contributed by atoms with van der Waals surface area (Å²) < 4.78 is 32.8. The van der Waals surface area contributed by atoms with Gasteiger partial charge in [0.15, 0.2) is 5.75 Å². The van der Waals surface area contributed by atoms with Gasteiger partial charge in [0, 0.05) is 30.1 Å². The van der Waals surface area contributed by atoms with E-state index in [-0.39, 0.29) is 23.7 Å². The van der Waals surface area contributed by atoms with Crippen molar-refractivity contribution in [2.24, 2.45) is 7.05 Å². The first-order valence-electron chi connectivity index (χ1n) is 8.01. The topological polar surface area (TPSA) is 80.9 Å². The highest BCUT2D eigenvalue weighted by Crippen LogP contribution is 2.49. The predicted molar refractivity (Wildman–Crippen MR) is 104 cm³/mol. The number of benzene rings is 1. The van der Waals surface area contributed by atoms with E-state index in [0.717, 1.165) is 0 Å². The Labute approximate surface area is 154 Å². The number of rotatable bonds is 6. The molecule has 7 heteroatoms. The highest BCUT2D eigenvalue weighted by atomic mass is 32.3. The molecule has 2 aromatic rings. The zero-order valence-corrected chi connectivity index (χ0v) is 16.1. The quantitative estimate of drug-likeness (QED) is 0.752. The van der Waals surface area contributed by atoms with Crippen LogP contribution >= 0.6 is 10.6 Å². The summed E-state index contributed by atoms with van der Waals surface area (Å²) in [5.41, 5.74) is 1.03. The van der Waals surface area contributed by atoms with Crippen molar-refractivity contribution in [3.8, 4) is 34.5 Å². The number of hydrogen-bond donors (Lipinski definition) is 2. The normalized spacial score (nSPS) is 11.5. The molecular weight excluding hydrogens is 354 g/mol. The van der Waals surface area contributed by atoms with E-state index >= 15 is 0 Å². The highest BCUT2D eigenvalue weighted by molar-refractivity contribution is 8.24. The van der Waals surface area contributed by atoms with Gasteiger partial charge in [-0.05, 0) is 38.1 Å². The summed E-state index contributed by atoms with van der Waals surface area (Å²) in [5, 5.41) is 0. The smallest absolute Gasteiger partial charge is 0.292 e. The lowest BCUT2D eigenvalue weighted by Crippen LogP contribution is -2.17. The van der Waals surface area contributed by atoms with Crippen LogP contribution in [0.2, 0.25) is 0 Å². The van der Waals surface area contributed by atoms with Gasteiger partial charge >= 0.3 is 0 Å². The summed E-state index contributed by atoms with van der Waals surface area (Å²) in [6, 6.07) is 6.60. The molecule has 0 radical (unpaired) electrons. The highest BCUT2D eigenvalue weighted by Gasteiger charge is 2.18. The van der Waals surface area contributed by atoms with Crippen LogP contribution in [-0.2, 0) is 7.05 Å². The minimum atomic E-state index is -2.89. The number of aromatic nitrogens is 1. The average molecular weight is 377 g/mol. The Kier molecular flexibility index (Phi) is 6.37. The van der Waals surface area contributed by atoms with Gasteiger partial charge in [0.1, 0.15) is 12.4 Å². The van der Waals surface area contributed by atoms with Gasteiger partial charge in [-0.3, -0.25) is 13.9 Å². The minimum Gasteiger partial charge on any atom is -0.491 e. The Morgan fingerprint density at radius 3 is 2.58 bits per heavy atom. The van der Waals surface area contributed by atoms with Gasteiger partial charge in [0.2, 0.25) is 0 Å². The molecule has 0 bridgehead atoms. The van der Waals surface area contributed by atoms with Gasteiger partial charge in [-0.15, -0.1) is 5.92 Å². The summed E-state index contributed by atoms with van der Waals surface area (Å²) >= 11 is 0. The van der Waals surface area contributed by atoms with Gasteiger partial charge in [-0.25, -0.2) is 0 Å². The minimum absolute atomic E-state index is 0.191. The van der Waals surface area contributed by atoms with Crippen molar-refractivity contribution in [3.63, 3.8) is 0 Å². The van der Waals surface area contributed by atoms with E-state index in [2.05, 4.69) is 11.8 Å². The molecule has 6 nitrogen and oxygen atoms in total. The fraction of sp³-hybridized carbons (Fsp3) is 0.316. The van der Waals surface area contributed by atoms with Gasteiger partial charge < -0.3 is 14.0 Å². The summed E-state index contributed by atoms with van der Waals surface area (Å²) in [5.74, 6) is 6.52. The average Bonchev–Trinajstić information content (AvgIpc) is 2.64. The van der Waals surface area contributed by atoms with Gasteiger partial charge in [0.05, 0.1) is 12.0 Å². The first-order valence-corrected chi connectivity index (χ1v) is 9.73. The van der Waals surface area contributed by atoms with Gasteiger partial charge in [-0.2, -0.15) is 10.6 Å². The zero-order chi connectivity index (χ0) is 19.3. The molecule has 0 saturated heterocycles. The second-order valence-corrected chi connectivity index (χ2v) is 7.92. The van der Waals surface area contributed by atoms with E-state index in [0.29, 0.717) is 21.8 Å². The van der Waals surface area contributed by atoms with Crippen LogP contribution in [-0.4, -0.2) is 33.1 Å². The molecule has 1 heterocycles. The molecule has 2 N–H and O–H groups in total. The Hall–Kier alpha value is -2.40. The molecular formula is C19H23NO5S. The lowest BCUT2D eigenvalue weighted by molar-refractivity contribution is 0.371. The van der Waals surface area contributed by atoms with Crippen LogP contribution in [0.4, 0.5) is 0 Å². The Bertz CT molecular complexity index is 908. The zero-order valence-electron chi connectivity index (χ0n) is 15.3. The van der Waals surface area contributed by atoms with Crippen molar-refractivity contribution < 1.29 is 18.6 Å². The maximum absolute atomic E-state index is 12.1. The van der Waals surface area contributed by atoms with E-state index < -0.39 is 10.6 Å². The van der Waals surface area contributed by atoms with Crippen molar-refractivity contribution in [2.75, 3.05) is 19.5 Å². The molecule has 1 aromatic heterocycles. The monoisotopic (exact) mass is 377 g/mol. The third-order valence-electron chi connectivity index (χ3n) is 3.89. The standard InChI is InChI=1S/C19H23NO5S/c1-5-7-10-25-17-9-8-15(26(22,23)6-2)12-16(17)14-11-18(24-4)19(21)20(3)13-14/h8-9,11-13,22-23H,6,10H2,1-4H3. The lowest BCUT2D eigenvalue weighted by atomic mass is 10.1. The molecule has 0 fully saturated rings. The van der Waals surface area contributed by atoms with Crippen molar-refractivity contribution in [1.29, 1.82) is 0 Å². The second kappa shape index (κ2) is 8.32. The fourth-order valence-corrected chi connectivity index (χ4v) is 3.32. The Morgan fingerprint density at radius 2 is 1.96 bits per heavy atom. The van der Waals surface area contributed by atoms with Crippen LogP contribution in [0.1, 0.15) is 13.8 Å². The predicted octanol–water partition coefficient (Wildman–Crippen LogP) is 3.59. The molecule has 0 unspecified atom stereocenters. The molecule has 0 aliphatic heterocycles. The first-order chi connectivity index (χ1) is 12.3. The van der Waals surface area contributed by atoms with E-state index in [4.69, 9.17) is 9.47 Å². The number of aryl methyl sites for hydroxylation is 1. The molecule has 0 aliphatic rings. The van der Waals surface area contributed by atoms with Crippen molar-refractivity contribution in [2.45, 2.75) is 18.7 Å². The van der Waals surface area contributed by atoms with E-state index in [1.807, 2.05) is 0 Å². The van der Waals surface area contributed by atoms with E-state index in [1.54, 1.807) is 51.4 Å².